The second kappa shape index (κ2) is 6.00. The number of carboxylic acids is 1. The Morgan fingerprint density at radius 3 is 2.47 bits per heavy atom. The highest BCUT2D eigenvalue weighted by Crippen LogP contribution is 2.16. The van der Waals surface area contributed by atoms with Gasteiger partial charge in [0.25, 0.3) is 0 Å². The molecule has 3 N–H and O–H groups in total. The van der Waals surface area contributed by atoms with Gasteiger partial charge in [0.05, 0.1) is 6.42 Å². The molecule has 5 heteroatoms. The molecule has 0 radical (unpaired) electrons. The van der Waals surface area contributed by atoms with E-state index in [4.69, 9.17) is 15.6 Å². The zero-order chi connectivity index (χ0) is 12.8. The highest BCUT2D eigenvalue weighted by atomic mass is 16.5. The fraction of sp³-hybridized carbons (Fsp3) is 0.333. The summed E-state index contributed by atoms with van der Waals surface area (Å²) in [6, 6.07) is 8.03. The summed E-state index contributed by atoms with van der Waals surface area (Å²) in [6.45, 7) is 1.71. The van der Waals surface area contributed by atoms with Gasteiger partial charge in [-0.3, -0.25) is 9.59 Å². The minimum Gasteiger partial charge on any atom is -0.481 e. The van der Waals surface area contributed by atoms with E-state index in [0.29, 0.717) is 0 Å². The number of esters is 1. The lowest BCUT2D eigenvalue weighted by Crippen LogP contribution is -2.35. The van der Waals surface area contributed by atoms with Crippen LogP contribution in [0.4, 0.5) is 0 Å². The van der Waals surface area contributed by atoms with Gasteiger partial charge in [-0.2, -0.15) is 0 Å². The molecule has 0 aliphatic carbocycles. The molecule has 0 spiro atoms. The fourth-order valence-corrected chi connectivity index (χ4v) is 1.33. The average molecular weight is 237 g/mol. The van der Waals surface area contributed by atoms with Crippen LogP contribution in [-0.2, 0) is 14.3 Å². The maximum atomic E-state index is 11.5. The SMILES string of the molecule is CC(OC(=O)[C@@H](N)CC(=O)O)c1ccccc1. The highest BCUT2D eigenvalue weighted by Gasteiger charge is 2.21. The van der Waals surface area contributed by atoms with E-state index in [2.05, 4.69) is 0 Å². The number of carbonyl (C=O) groups excluding carboxylic acids is 1. The number of rotatable bonds is 5. The number of aliphatic carboxylic acids is 1. The Morgan fingerprint density at radius 2 is 1.94 bits per heavy atom. The molecule has 0 saturated heterocycles. The minimum atomic E-state index is -1.13. The first-order valence-electron chi connectivity index (χ1n) is 5.23. The summed E-state index contributed by atoms with van der Waals surface area (Å²) in [5.41, 5.74) is 6.23. The van der Waals surface area contributed by atoms with Crippen LogP contribution in [0.5, 0.6) is 0 Å². The van der Waals surface area contributed by atoms with E-state index in [1.165, 1.54) is 0 Å². The normalized spacial score (nSPS) is 13.8. The zero-order valence-electron chi connectivity index (χ0n) is 9.50. The lowest BCUT2D eigenvalue weighted by molar-refractivity contribution is -0.153. The number of carboxylic acid groups (broad SMARTS) is 1. The van der Waals surface area contributed by atoms with E-state index in [0.717, 1.165) is 5.56 Å². The molecular formula is C12H15NO4. The molecule has 0 aliphatic heterocycles. The first-order valence-corrected chi connectivity index (χ1v) is 5.23. The Hall–Kier alpha value is -1.88. The van der Waals surface area contributed by atoms with Gasteiger partial charge in [0.2, 0.25) is 0 Å². The Labute approximate surface area is 99.2 Å². The van der Waals surface area contributed by atoms with Crippen LogP contribution in [0.1, 0.15) is 25.0 Å². The molecule has 2 atom stereocenters. The summed E-state index contributed by atoms with van der Waals surface area (Å²) in [5, 5.41) is 8.50. The lowest BCUT2D eigenvalue weighted by atomic mass is 10.1. The standard InChI is InChI=1S/C12H15NO4/c1-8(9-5-3-2-4-6-9)17-12(16)10(13)7-11(14)15/h2-6,8,10H,7,13H2,1H3,(H,14,15)/t8?,10-/m0/s1. The van der Waals surface area contributed by atoms with Crippen LogP contribution >= 0.6 is 0 Å². The Kier molecular flexibility index (Phi) is 4.66. The molecule has 0 aromatic heterocycles. The van der Waals surface area contributed by atoms with Gasteiger partial charge in [-0.05, 0) is 12.5 Å². The van der Waals surface area contributed by atoms with Crippen molar-refractivity contribution in [3.05, 3.63) is 35.9 Å². The molecule has 0 saturated carbocycles. The number of ether oxygens (including phenoxy) is 1. The largest absolute Gasteiger partial charge is 0.481 e. The molecule has 0 amide bonds. The molecular weight excluding hydrogens is 222 g/mol. The van der Waals surface area contributed by atoms with Crippen molar-refractivity contribution >= 4 is 11.9 Å². The van der Waals surface area contributed by atoms with Crippen LogP contribution in [0.15, 0.2) is 30.3 Å². The van der Waals surface area contributed by atoms with Gasteiger partial charge in [-0.25, -0.2) is 0 Å². The summed E-state index contributed by atoms with van der Waals surface area (Å²) in [6.07, 6.45) is -0.871. The molecule has 92 valence electrons. The lowest BCUT2D eigenvalue weighted by Gasteiger charge is -2.16. The third-order valence-corrected chi connectivity index (χ3v) is 2.26. The first kappa shape index (κ1) is 13.2. The fourth-order valence-electron chi connectivity index (χ4n) is 1.33. The summed E-state index contributed by atoms with van der Waals surface area (Å²) >= 11 is 0. The van der Waals surface area contributed by atoms with E-state index in [9.17, 15) is 9.59 Å². The van der Waals surface area contributed by atoms with Crippen molar-refractivity contribution in [3.63, 3.8) is 0 Å². The van der Waals surface area contributed by atoms with Crippen molar-refractivity contribution in [2.45, 2.75) is 25.5 Å². The van der Waals surface area contributed by atoms with Gasteiger partial charge in [-0.15, -0.1) is 0 Å². The summed E-state index contributed by atoms with van der Waals surface area (Å²) < 4.78 is 5.07. The summed E-state index contributed by atoms with van der Waals surface area (Å²) in [7, 11) is 0. The summed E-state index contributed by atoms with van der Waals surface area (Å²) in [4.78, 5) is 21.8. The Bertz CT molecular complexity index is 391. The number of carbonyl (C=O) groups is 2. The van der Waals surface area contributed by atoms with Gasteiger partial charge >= 0.3 is 11.9 Å². The minimum absolute atomic E-state index is 0.430. The van der Waals surface area contributed by atoms with Crippen molar-refractivity contribution in [2.75, 3.05) is 0 Å². The van der Waals surface area contributed by atoms with Crippen LogP contribution in [0.2, 0.25) is 0 Å². The number of hydrogen-bond donors (Lipinski definition) is 2. The topological polar surface area (TPSA) is 89.6 Å². The van der Waals surface area contributed by atoms with Crippen molar-refractivity contribution in [1.82, 2.24) is 0 Å². The van der Waals surface area contributed by atoms with Crippen molar-refractivity contribution in [3.8, 4) is 0 Å². The monoisotopic (exact) mass is 237 g/mol. The molecule has 1 rings (SSSR count). The average Bonchev–Trinajstić information content (AvgIpc) is 2.29. The number of nitrogens with two attached hydrogens (primary N) is 1. The van der Waals surface area contributed by atoms with E-state index < -0.39 is 30.5 Å². The molecule has 0 bridgehead atoms. The molecule has 0 heterocycles. The second-order valence-electron chi connectivity index (χ2n) is 3.69. The van der Waals surface area contributed by atoms with Crippen molar-refractivity contribution in [1.29, 1.82) is 0 Å². The van der Waals surface area contributed by atoms with Crippen LogP contribution < -0.4 is 5.73 Å². The second-order valence-corrected chi connectivity index (χ2v) is 3.69. The number of hydrogen-bond acceptors (Lipinski definition) is 4. The third kappa shape index (κ3) is 4.24. The van der Waals surface area contributed by atoms with Crippen LogP contribution in [0, 0.1) is 0 Å². The smallest absolute Gasteiger partial charge is 0.324 e. The van der Waals surface area contributed by atoms with Gasteiger partial charge in [-0.1, -0.05) is 30.3 Å². The number of benzene rings is 1. The first-order chi connectivity index (χ1) is 8.00. The van der Waals surface area contributed by atoms with Crippen LogP contribution in [-0.4, -0.2) is 23.1 Å². The maximum absolute atomic E-state index is 11.5. The third-order valence-electron chi connectivity index (χ3n) is 2.26. The van der Waals surface area contributed by atoms with E-state index in [1.807, 2.05) is 30.3 Å². The Balaban J connectivity index is 2.54. The van der Waals surface area contributed by atoms with Gasteiger partial charge < -0.3 is 15.6 Å². The molecule has 17 heavy (non-hydrogen) atoms. The van der Waals surface area contributed by atoms with Gasteiger partial charge in [0.1, 0.15) is 12.1 Å². The van der Waals surface area contributed by atoms with Crippen LogP contribution in [0.3, 0.4) is 0 Å². The molecule has 1 aromatic rings. The molecule has 1 aromatic carbocycles. The van der Waals surface area contributed by atoms with Crippen molar-refractivity contribution < 1.29 is 19.4 Å². The van der Waals surface area contributed by atoms with E-state index in [1.54, 1.807) is 6.92 Å². The zero-order valence-corrected chi connectivity index (χ0v) is 9.50. The maximum Gasteiger partial charge on any atom is 0.324 e. The van der Waals surface area contributed by atoms with Crippen LogP contribution in [0.25, 0.3) is 0 Å². The highest BCUT2D eigenvalue weighted by molar-refractivity contribution is 5.81. The van der Waals surface area contributed by atoms with Crippen molar-refractivity contribution in [2.24, 2.45) is 5.73 Å². The van der Waals surface area contributed by atoms with E-state index >= 15 is 0 Å². The Morgan fingerprint density at radius 1 is 1.35 bits per heavy atom. The predicted molar refractivity (Wildman–Crippen MR) is 61.2 cm³/mol. The van der Waals surface area contributed by atoms with Gasteiger partial charge in [0.15, 0.2) is 0 Å². The predicted octanol–water partition coefficient (Wildman–Crippen LogP) is 1.09. The molecule has 1 unspecified atom stereocenters. The van der Waals surface area contributed by atoms with Gasteiger partial charge in [0, 0.05) is 0 Å². The molecule has 5 nitrogen and oxygen atoms in total. The quantitative estimate of drug-likeness (QED) is 0.748. The molecule has 0 aliphatic rings. The summed E-state index contributed by atoms with van der Waals surface area (Å²) in [5.74, 6) is -1.83. The molecule has 0 fully saturated rings. The van der Waals surface area contributed by atoms with E-state index in [-0.39, 0.29) is 0 Å².